The van der Waals surface area contributed by atoms with Crippen LogP contribution in [0.5, 0.6) is 5.75 Å². The zero-order chi connectivity index (χ0) is 20.7. The maximum atomic E-state index is 14.5. The summed E-state index contributed by atoms with van der Waals surface area (Å²) < 4.78 is 33.5. The Hall–Kier alpha value is -3.61. The lowest BCUT2D eigenvalue weighted by atomic mass is 10.0. The van der Waals surface area contributed by atoms with Gasteiger partial charge in [-0.25, -0.2) is 18.7 Å². The number of nitrogens with zero attached hydrogens (tertiary/aromatic N) is 4. The van der Waals surface area contributed by atoms with Crippen LogP contribution in [0.1, 0.15) is 6.42 Å². The average Bonchev–Trinajstić information content (AvgIpc) is 2.72. The standard InChI is InChI=1S/C23H18F2N4O/c1-30-20-11-15(17-6-5-16(24)12-19(17)25)10-18-21(20)27-22(14-4-2-7-26-13-14)28-23(18)29-8-3-9-29/h2,4-7,10-13H,3,8-9H2,1H3. The number of pyridine rings is 1. The van der Waals surface area contributed by atoms with Crippen molar-refractivity contribution in [3.05, 3.63) is 66.5 Å². The minimum atomic E-state index is -0.630. The number of halogens is 2. The zero-order valence-electron chi connectivity index (χ0n) is 16.3. The van der Waals surface area contributed by atoms with Crippen LogP contribution in [0, 0.1) is 11.6 Å². The van der Waals surface area contributed by atoms with Crippen molar-refractivity contribution in [2.24, 2.45) is 0 Å². The molecule has 2 aromatic carbocycles. The van der Waals surface area contributed by atoms with Gasteiger partial charge >= 0.3 is 0 Å². The van der Waals surface area contributed by atoms with E-state index in [0.29, 0.717) is 28.2 Å². The molecule has 7 heteroatoms. The first-order valence-corrected chi connectivity index (χ1v) is 9.64. The Balaban J connectivity index is 1.77. The molecule has 1 aliphatic heterocycles. The fourth-order valence-electron chi connectivity index (χ4n) is 3.61. The summed E-state index contributed by atoms with van der Waals surface area (Å²) in [5, 5.41) is 0.764. The second kappa shape index (κ2) is 7.33. The van der Waals surface area contributed by atoms with Gasteiger partial charge in [0.25, 0.3) is 0 Å². The fourth-order valence-corrected chi connectivity index (χ4v) is 3.61. The van der Waals surface area contributed by atoms with Crippen LogP contribution in [-0.2, 0) is 0 Å². The Labute approximate surface area is 172 Å². The molecule has 0 spiro atoms. The minimum Gasteiger partial charge on any atom is -0.494 e. The van der Waals surface area contributed by atoms with E-state index in [1.165, 1.54) is 12.1 Å². The van der Waals surface area contributed by atoms with E-state index in [2.05, 4.69) is 9.88 Å². The van der Waals surface area contributed by atoms with Crippen LogP contribution in [0.3, 0.4) is 0 Å². The predicted octanol–water partition coefficient (Wildman–Crippen LogP) is 4.86. The van der Waals surface area contributed by atoms with Crippen LogP contribution >= 0.6 is 0 Å². The van der Waals surface area contributed by atoms with Gasteiger partial charge in [-0.05, 0) is 48.4 Å². The number of hydrogen-bond acceptors (Lipinski definition) is 5. The maximum absolute atomic E-state index is 14.5. The average molecular weight is 404 g/mol. The van der Waals surface area contributed by atoms with Crippen LogP contribution in [0.4, 0.5) is 14.6 Å². The Kier molecular flexibility index (Phi) is 4.50. The van der Waals surface area contributed by atoms with Crippen molar-refractivity contribution < 1.29 is 13.5 Å². The Morgan fingerprint density at radius 3 is 2.53 bits per heavy atom. The number of aromatic nitrogens is 3. The minimum absolute atomic E-state index is 0.294. The van der Waals surface area contributed by atoms with E-state index in [9.17, 15) is 8.78 Å². The number of benzene rings is 2. The van der Waals surface area contributed by atoms with Gasteiger partial charge in [-0.1, -0.05) is 0 Å². The summed E-state index contributed by atoms with van der Waals surface area (Å²) in [5.41, 5.74) is 2.32. The van der Waals surface area contributed by atoms with Gasteiger partial charge in [0.05, 0.1) is 7.11 Å². The molecule has 2 aromatic heterocycles. The highest BCUT2D eigenvalue weighted by molar-refractivity contribution is 5.98. The first-order valence-electron chi connectivity index (χ1n) is 9.64. The fraction of sp³-hybridized carbons (Fsp3) is 0.174. The lowest BCUT2D eigenvalue weighted by Crippen LogP contribution is -2.37. The van der Waals surface area contributed by atoms with Gasteiger partial charge in [0.15, 0.2) is 5.82 Å². The summed E-state index contributed by atoms with van der Waals surface area (Å²) in [6, 6.07) is 10.9. The Bertz CT molecular complexity index is 1240. The molecule has 5 rings (SSSR count). The second-order valence-electron chi connectivity index (χ2n) is 7.15. The van der Waals surface area contributed by atoms with Crippen molar-refractivity contribution in [3.63, 3.8) is 0 Å². The van der Waals surface area contributed by atoms with Gasteiger partial charge in [-0.2, -0.15) is 0 Å². The van der Waals surface area contributed by atoms with Gasteiger partial charge in [-0.15, -0.1) is 0 Å². The molecular weight excluding hydrogens is 386 g/mol. The van der Waals surface area contributed by atoms with E-state index in [0.717, 1.165) is 42.3 Å². The number of hydrogen-bond donors (Lipinski definition) is 0. The van der Waals surface area contributed by atoms with Gasteiger partial charge in [0, 0.05) is 48.1 Å². The van der Waals surface area contributed by atoms with Gasteiger partial charge in [0.1, 0.15) is 28.7 Å². The molecule has 150 valence electrons. The first-order chi connectivity index (χ1) is 14.6. The molecule has 0 N–H and O–H groups in total. The third-order valence-electron chi connectivity index (χ3n) is 5.28. The third-order valence-corrected chi connectivity index (χ3v) is 5.28. The van der Waals surface area contributed by atoms with E-state index < -0.39 is 11.6 Å². The van der Waals surface area contributed by atoms with E-state index in [-0.39, 0.29) is 0 Å². The molecule has 0 saturated carbocycles. The molecule has 0 bridgehead atoms. The maximum Gasteiger partial charge on any atom is 0.163 e. The van der Waals surface area contributed by atoms with Crippen molar-refractivity contribution in [2.45, 2.75) is 6.42 Å². The summed E-state index contributed by atoms with van der Waals surface area (Å²) in [6.45, 7) is 1.77. The summed E-state index contributed by atoms with van der Waals surface area (Å²) in [4.78, 5) is 15.9. The van der Waals surface area contributed by atoms with Crippen LogP contribution < -0.4 is 9.64 Å². The Morgan fingerprint density at radius 2 is 1.87 bits per heavy atom. The van der Waals surface area contributed by atoms with Gasteiger partial charge < -0.3 is 9.64 Å². The largest absolute Gasteiger partial charge is 0.494 e. The molecule has 3 heterocycles. The Morgan fingerprint density at radius 1 is 1.00 bits per heavy atom. The van der Waals surface area contributed by atoms with Crippen molar-refractivity contribution in [3.8, 4) is 28.3 Å². The molecular formula is C23H18F2N4O. The van der Waals surface area contributed by atoms with E-state index in [4.69, 9.17) is 14.7 Å². The highest BCUT2D eigenvalue weighted by Gasteiger charge is 2.23. The first kappa shape index (κ1) is 18.4. The highest BCUT2D eigenvalue weighted by atomic mass is 19.1. The molecule has 0 aliphatic carbocycles. The molecule has 30 heavy (non-hydrogen) atoms. The normalized spacial score (nSPS) is 13.4. The van der Waals surface area contributed by atoms with Crippen LogP contribution in [0.15, 0.2) is 54.9 Å². The molecule has 0 amide bonds. The molecule has 0 unspecified atom stereocenters. The topological polar surface area (TPSA) is 51.1 Å². The highest BCUT2D eigenvalue weighted by Crippen LogP contribution is 2.38. The number of ether oxygens (including phenoxy) is 1. The second-order valence-corrected chi connectivity index (χ2v) is 7.15. The summed E-state index contributed by atoms with van der Waals surface area (Å²) in [6.07, 6.45) is 4.50. The van der Waals surface area contributed by atoms with Crippen molar-refractivity contribution >= 4 is 16.7 Å². The molecule has 1 aliphatic rings. The van der Waals surface area contributed by atoms with Crippen molar-refractivity contribution in [2.75, 3.05) is 25.1 Å². The van der Waals surface area contributed by atoms with E-state index in [1.807, 2.05) is 18.2 Å². The van der Waals surface area contributed by atoms with E-state index >= 15 is 0 Å². The lowest BCUT2D eigenvalue weighted by molar-refractivity contribution is 0.419. The molecule has 1 fully saturated rings. The smallest absolute Gasteiger partial charge is 0.163 e. The monoisotopic (exact) mass is 404 g/mol. The van der Waals surface area contributed by atoms with Gasteiger partial charge in [-0.3, -0.25) is 4.98 Å². The quantitative estimate of drug-likeness (QED) is 0.486. The lowest BCUT2D eigenvalue weighted by Gasteiger charge is -2.33. The van der Waals surface area contributed by atoms with Gasteiger partial charge in [0.2, 0.25) is 0 Å². The number of rotatable bonds is 4. The summed E-state index contributed by atoms with van der Waals surface area (Å²) in [7, 11) is 1.55. The third kappa shape index (κ3) is 3.12. The SMILES string of the molecule is COc1cc(-c2ccc(F)cc2F)cc2c(N3CCC3)nc(-c3cccnc3)nc12. The van der Waals surface area contributed by atoms with E-state index in [1.54, 1.807) is 25.6 Å². The molecule has 0 atom stereocenters. The molecule has 4 aromatic rings. The van der Waals surface area contributed by atoms with Crippen molar-refractivity contribution in [1.82, 2.24) is 15.0 Å². The summed E-state index contributed by atoms with van der Waals surface area (Å²) in [5.74, 6) is 0.578. The summed E-state index contributed by atoms with van der Waals surface area (Å²) >= 11 is 0. The van der Waals surface area contributed by atoms with Crippen LogP contribution in [-0.4, -0.2) is 35.2 Å². The van der Waals surface area contributed by atoms with Crippen molar-refractivity contribution in [1.29, 1.82) is 0 Å². The van der Waals surface area contributed by atoms with Crippen LogP contribution in [0.25, 0.3) is 33.4 Å². The molecule has 5 nitrogen and oxygen atoms in total. The number of fused-ring (bicyclic) bond motifs is 1. The number of anilines is 1. The van der Waals surface area contributed by atoms with Crippen LogP contribution in [0.2, 0.25) is 0 Å². The molecule has 0 radical (unpaired) electrons. The predicted molar refractivity (Wildman–Crippen MR) is 112 cm³/mol. The zero-order valence-corrected chi connectivity index (χ0v) is 16.3. The number of methoxy groups -OCH3 is 1. The molecule has 1 saturated heterocycles.